The molecule has 5 heteroatoms. The molecule has 18 heavy (non-hydrogen) atoms. The van der Waals surface area contributed by atoms with Gasteiger partial charge in [0.1, 0.15) is 6.10 Å². The van der Waals surface area contributed by atoms with E-state index in [2.05, 4.69) is 5.32 Å². The molecule has 0 aromatic heterocycles. The number of hydrogen-bond donors (Lipinski definition) is 1. The van der Waals surface area contributed by atoms with Crippen LogP contribution >= 0.6 is 0 Å². The molecule has 2 fully saturated rings. The molecule has 1 N–H and O–H groups in total. The molecule has 0 bridgehead atoms. The van der Waals surface area contributed by atoms with E-state index < -0.39 is 11.6 Å². The molecular formula is C13H21NO4. The smallest absolute Gasteiger partial charge is 0.339 e. The first-order valence-corrected chi connectivity index (χ1v) is 6.49. The molecule has 5 nitrogen and oxygen atoms in total. The Labute approximate surface area is 107 Å². The van der Waals surface area contributed by atoms with Gasteiger partial charge in [-0.3, -0.25) is 4.79 Å². The molecule has 2 saturated heterocycles. The number of fused-ring (bicyclic) bond motifs is 1. The Hall–Kier alpha value is -1.10. The van der Waals surface area contributed by atoms with Gasteiger partial charge < -0.3 is 14.8 Å². The Morgan fingerprint density at radius 3 is 2.28 bits per heavy atom. The Kier molecular flexibility index (Phi) is 3.13. The van der Waals surface area contributed by atoms with Gasteiger partial charge in [-0.15, -0.1) is 0 Å². The van der Waals surface area contributed by atoms with Gasteiger partial charge in [0.25, 0.3) is 0 Å². The van der Waals surface area contributed by atoms with Crippen molar-refractivity contribution in [2.45, 2.75) is 58.5 Å². The molecule has 0 aliphatic carbocycles. The number of hydrogen-bond acceptors (Lipinski definition) is 4. The van der Waals surface area contributed by atoms with Crippen LogP contribution in [0, 0.1) is 11.8 Å². The second kappa shape index (κ2) is 4.23. The van der Waals surface area contributed by atoms with Crippen molar-refractivity contribution in [1.82, 2.24) is 5.32 Å². The SMILES string of the molecule is CC(C)O[C@@H](C(C)C)C12NC(=O)[C@H](C)[C@@H]1OC2=O. The van der Waals surface area contributed by atoms with Crippen molar-refractivity contribution in [2.75, 3.05) is 0 Å². The number of carbonyl (C=O) groups is 2. The maximum Gasteiger partial charge on any atom is 0.339 e. The third-order valence-electron chi connectivity index (χ3n) is 3.69. The van der Waals surface area contributed by atoms with E-state index in [0.717, 1.165) is 0 Å². The Bertz CT molecular complexity index is 379. The molecular weight excluding hydrogens is 234 g/mol. The fourth-order valence-electron chi connectivity index (χ4n) is 2.87. The summed E-state index contributed by atoms with van der Waals surface area (Å²) in [6.45, 7) is 9.59. The van der Waals surface area contributed by atoms with Crippen LogP contribution in [0.1, 0.15) is 34.6 Å². The lowest BCUT2D eigenvalue weighted by atomic mass is 9.76. The van der Waals surface area contributed by atoms with Crippen LogP contribution in [-0.4, -0.2) is 35.7 Å². The highest BCUT2D eigenvalue weighted by atomic mass is 16.6. The molecule has 1 unspecified atom stereocenters. The van der Waals surface area contributed by atoms with E-state index in [1.54, 1.807) is 6.92 Å². The van der Waals surface area contributed by atoms with Crippen molar-refractivity contribution < 1.29 is 19.1 Å². The normalized spacial score (nSPS) is 36.2. The van der Waals surface area contributed by atoms with E-state index in [4.69, 9.17) is 9.47 Å². The van der Waals surface area contributed by atoms with Crippen molar-refractivity contribution in [1.29, 1.82) is 0 Å². The van der Waals surface area contributed by atoms with Gasteiger partial charge in [-0.2, -0.15) is 0 Å². The van der Waals surface area contributed by atoms with Crippen molar-refractivity contribution in [3.8, 4) is 0 Å². The first-order valence-electron chi connectivity index (χ1n) is 6.49. The Morgan fingerprint density at radius 2 is 1.89 bits per heavy atom. The van der Waals surface area contributed by atoms with Gasteiger partial charge in [0, 0.05) is 0 Å². The summed E-state index contributed by atoms with van der Waals surface area (Å²) in [5.74, 6) is -0.693. The second-order valence-electron chi connectivity index (χ2n) is 5.82. The van der Waals surface area contributed by atoms with Gasteiger partial charge in [0.15, 0.2) is 0 Å². The molecule has 0 saturated carbocycles. The summed E-state index contributed by atoms with van der Waals surface area (Å²) in [5.41, 5.74) is -0.977. The molecule has 102 valence electrons. The predicted octanol–water partition coefficient (Wildman–Crippen LogP) is 0.866. The monoisotopic (exact) mass is 255 g/mol. The molecule has 1 amide bonds. The lowest BCUT2D eigenvalue weighted by Gasteiger charge is -2.48. The first kappa shape index (κ1) is 13.3. The lowest BCUT2D eigenvalue weighted by molar-refractivity contribution is -0.215. The number of esters is 1. The van der Waals surface area contributed by atoms with Gasteiger partial charge in [-0.05, 0) is 26.7 Å². The largest absolute Gasteiger partial charge is 0.456 e. The molecule has 0 radical (unpaired) electrons. The average molecular weight is 255 g/mol. The van der Waals surface area contributed by atoms with Crippen LogP contribution in [0.25, 0.3) is 0 Å². The molecule has 2 aliphatic heterocycles. The van der Waals surface area contributed by atoms with E-state index in [0.29, 0.717) is 0 Å². The quantitative estimate of drug-likeness (QED) is 0.757. The fraction of sp³-hybridized carbons (Fsp3) is 0.846. The van der Waals surface area contributed by atoms with E-state index in [1.165, 1.54) is 0 Å². The van der Waals surface area contributed by atoms with E-state index in [1.807, 2.05) is 27.7 Å². The highest BCUT2D eigenvalue weighted by molar-refractivity contribution is 5.99. The standard InChI is InChI=1S/C13H21NO4/c1-6(2)9(17-7(3)4)13-10(18-12(13)16)8(5)11(15)14-13/h6-10H,1-5H3,(H,14,15)/t8-,9+,10+,13?/m1/s1. The third kappa shape index (κ3) is 1.64. The third-order valence-corrected chi connectivity index (χ3v) is 3.69. The molecule has 2 aliphatic rings. The minimum Gasteiger partial charge on any atom is -0.456 e. The topological polar surface area (TPSA) is 64.6 Å². The summed E-state index contributed by atoms with van der Waals surface area (Å²) in [7, 11) is 0. The maximum atomic E-state index is 11.9. The van der Waals surface area contributed by atoms with E-state index in [-0.39, 0.29) is 35.9 Å². The lowest BCUT2D eigenvalue weighted by Crippen LogP contribution is -2.74. The molecule has 0 spiro atoms. The summed E-state index contributed by atoms with van der Waals surface area (Å²) < 4.78 is 11.0. The molecule has 4 atom stereocenters. The van der Waals surface area contributed by atoms with Crippen molar-refractivity contribution in [3.05, 3.63) is 0 Å². The number of carbonyl (C=O) groups excluding carboxylic acids is 2. The van der Waals surface area contributed by atoms with Gasteiger partial charge in [0.2, 0.25) is 11.4 Å². The maximum absolute atomic E-state index is 11.9. The zero-order chi connectivity index (χ0) is 13.7. The highest BCUT2D eigenvalue weighted by Crippen LogP contribution is 2.44. The summed E-state index contributed by atoms with van der Waals surface area (Å²) in [6.07, 6.45) is -0.755. The van der Waals surface area contributed by atoms with Gasteiger partial charge >= 0.3 is 5.97 Å². The van der Waals surface area contributed by atoms with Crippen LogP contribution in [0.15, 0.2) is 0 Å². The van der Waals surface area contributed by atoms with Crippen molar-refractivity contribution in [2.24, 2.45) is 11.8 Å². The zero-order valence-electron chi connectivity index (χ0n) is 11.5. The van der Waals surface area contributed by atoms with Crippen molar-refractivity contribution >= 4 is 11.9 Å². The highest BCUT2D eigenvalue weighted by Gasteiger charge is 2.71. The summed E-state index contributed by atoms with van der Waals surface area (Å²) in [6, 6.07) is 0. The summed E-state index contributed by atoms with van der Waals surface area (Å²) >= 11 is 0. The number of rotatable bonds is 4. The number of nitrogens with one attached hydrogen (secondary N) is 1. The van der Waals surface area contributed by atoms with E-state index in [9.17, 15) is 9.59 Å². The van der Waals surface area contributed by atoms with Crippen LogP contribution in [0.5, 0.6) is 0 Å². The number of amides is 1. The van der Waals surface area contributed by atoms with Crippen LogP contribution in [-0.2, 0) is 19.1 Å². The molecule has 0 aromatic rings. The minimum atomic E-state index is -0.977. The van der Waals surface area contributed by atoms with Gasteiger partial charge in [-0.25, -0.2) is 4.79 Å². The molecule has 0 aromatic carbocycles. The average Bonchev–Trinajstić information content (AvgIpc) is 2.46. The second-order valence-corrected chi connectivity index (χ2v) is 5.82. The number of ether oxygens (including phenoxy) is 2. The Morgan fingerprint density at radius 1 is 1.28 bits per heavy atom. The molecule has 2 rings (SSSR count). The van der Waals surface area contributed by atoms with Gasteiger partial charge in [0.05, 0.1) is 18.1 Å². The van der Waals surface area contributed by atoms with Crippen molar-refractivity contribution in [3.63, 3.8) is 0 Å². The summed E-state index contributed by atoms with van der Waals surface area (Å²) in [4.78, 5) is 23.7. The van der Waals surface area contributed by atoms with Crippen LogP contribution < -0.4 is 5.32 Å². The summed E-state index contributed by atoms with van der Waals surface area (Å²) in [5, 5.41) is 2.81. The fourth-order valence-corrected chi connectivity index (χ4v) is 2.87. The van der Waals surface area contributed by atoms with Gasteiger partial charge in [-0.1, -0.05) is 13.8 Å². The molecule has 2 heterocycles. The van der Waals surface area contributed by atoms with Crippen LogP contribution in [0.2, 0.25) is 0 Å². The predicted molar refractivity (Wildman–Crippen MR) is 64.8 cm³/mol. The van der Waals surface area contributed by atoms with Crippen LogP contribution in [0.3, 0.4) is 0 Å². The van der Waals surface area contributed by atoms with Crippen LogP contribution in [0.4, 0.5) is 0 Å². The van der Waals surface area contributed by atoms with E-state index >= 15 is 0 Å². The first-order chi connectivity index (χ1) is 8.30. The zero-order valence-corrected chi connectivity index (χ0v) is 11.5. The Balaban J connectivity index is 2.32. The minimum absolute atomic E-state index is 0.00590.